The van der Waals surface area contributed by atoms with Crippen molar-refractivity contribution in [2.24, 2.45) is 0 Å². The van der Waals surface area contributed by atoms with Crippen LogP contribution in [0.1, 0.15) is 10.5 Å². The molecule has 0 aromatic carbocycles. The first-order valence-corrected chi connectivity index (χ1v) is 5.89. The molecule has 1 saturated heterocycles. The molecule has 1 unspecified atom stereocenters. The maximum absolute atomic E-state index is 11.0. The zero-order chi connectivity index (χ0) is 13.0. The summed E-state index contributed by atoms with van der Waals surface area (Å²) in [4.78, 5) is 17.0. The summed E-state index contributed by atoms with van der Waals surface area (Å²) in [5.41, 5.74) is 0.573. The van der Waals surface area contributed by atoms with Crippen LogP contribution in [0.3, 0.4) is 0 Å². The summed E-state index contributed by atoms with van der Waals surface area (Å²) in [6.45, 7) is 3.07. The second-order valence-corrected chi connectivity index (χ2v) is 4.34. The van der Waals surface area contributed by atoms with E-state index in [0.29, 0.717) is 18.8 Å². The van der Waals surface area contributed by atoms with Gasteiger partial charge in [-0.2, -0.15) is 0 Å². The van der Waals surface area contributed by atoms with Gasteiger partial charge in [0.25, 0.3) is 0 Å². The predicted octanol–water partition coefficient (Wildman–Crippen LogP) is 0.522. The molecular weight excluding hydrogens is 234 g/mol. The van der Waals surface area contributed by atoms with Gasteiger partial charge in [0.15, 0.2) is 5.69 Å². The Labute approximate surface area is 106 Å². The third-order valence-electron chi connectivity index (χ3n) is 2.87. The highest BCUT2D eigenvalue weighted by molar-refractivity contribution is 5.91. The lowest BCUT2D eigenvalue weighted by molar-refractivity contribution is -0.0117. The van der Waals surface area contributed by atoms with Crippen LogP contribution in [0.2, 0.25) is 0 Å². The lowest BCUT2D eigenvalue weighted by Gasteiger charge is -2.30. The van der Waals surface area contributed by atoms with Gasteiger partial charge >= 0.3 is 5.97 Å². The molecule has 1 aromatic rings. The van der Waals surface area contributed by atoms with Gasteiger partial charge in [-0.15, -0.1) is 0 Å². The standard InChI is InChI=1S/C12H17N3O3/c1-15-5-6-18-9(8-15)7-14-10-3-2-4-13-11(10)12(16)17/h2-4,9,14H,5-8H2,1H3,(H,16,17). The number of aromatic nitrogens is 1. The number of anilines is 1. The number of carboxylic acid groups (broad SMARTS) is 1. The van der Waals surface area contributed by atoms with E-state index in [1.165, 1.54) is 6.20 Å². The summed E-state index contributed by atoms with van der Waals surface area (Å²) in [6, 6.07) is 3.42. The molecule has 1 aliphatic rings. The number of hydrogen-bond acceptors (Lipinski definition) is 5. The normalized spacial score (nSPS) is 20.6. The highest BCUT2D eigenvalue weighted by atomic mass is 16.5. The van der Waals surface area contributed by atoms with Crippen LogP contribution in [0.5, 0.6) is 0 Å². The molecule has 1 fully saturated rings. The minimum atomic E-state index is -1.03. The summed E-state index contributed by atoms with van der Waals surface area (Å²) in [5, 5.41) is 12.1. The molecule has 0 spiro atoms. The fourth-order valence-corrected chi connectivity index (χ4v) is 1.93. The van der Waals surface area contributed by atoms with E-state index in [9.17, 15) is 4.79 Å². The van der Waals surface area contributed by atoms with Crippen LogP contribution < -0.4 is 5.32 Å². The fraction of sp³-hybridized carbons (Fsp3) is 0.500. The van der Waals surface area contributed by atoms with Gasteiger partial charge in [0.05, 0.1) is 18.4 Å². The topological polar surface area (TPSA) is 74.7 Å². The number of rotatable bonds is 4. The van der Waals surface area contributed by atoms with Crippen molar-refractivity contribution < 1.29 is 14.6 Å². The first-order chi connectivity index (χ1) is 8.66. The molecule has 0 aliphatic carbocycles. The van der Waals surface area contributed by atoms with Crippen molar-refractivity contribution in [2.75, 3.05) is 38.6 Å². The minimum Gasteiger partial charge on any atom is -0.476 e. The molecule has 2 heterocycles. The maximum atomic E-state index is 11.0. The summed E-state index contributed by atoms with van der Waals surface area (Å²) in [5.74, 6) is -1.03. The fourth-order valence-electron chi connectivity index (χ4n) is 1.93. The monoisotopic (exact) mass is 251 g/mol. The highest BCUT2D eigenvalue weighted by Gasteiger charge is 2.18. The van der Waals surface area contributed by atoms with Gasteiger partial charge in [0.2, 0.25) is 0 Å². The molecule has 6 heteroatoms. The summed E-state index contributed by atoms with van der Waals surface area (Å²) >= 11 is 0. The Balaban J connectivity index is 1.95. The van der Waals surface area contributed by atoms with E-state index in [1.807, 2.05) is 7.05 Å². The first-order valence-electron chi connectivity index (χ1n) is 5.89. The molecule has 1 atom stereocenters. The lowest BCUT2D eigenvalue weighted by atomic mass is 10.2. The SMILES string of the molecule is CN1CCOC(CNc2cccnc2C(=O)O)C1. The van der Waals surface area contributed by atoms with Crippen molar-refractivity contribution in [1.82, 2.24) is 9.88 Å². The van der Waals surface area contributed by atoms with Crippen molar-refractivity contribution in [1.29, 1.82) is 0 Å². The van der Waals surface area contributed by atoms with E-state index in [2.05, 4.69) is 15.2 Å². The summed E-state index contributed by atoms with van der Waals surface area (Å²) in [6.07, 6.45) is 1.55. The third kappa shape index (κ3) is 3.18. The van der Waals surface area contributed by atoms with Crippen LogP contribution in [0.4, 0.5) is 5.69 Å². The lowest BCUT2D eigenvalue weighted by Crippen LogP contribution is -2.43. The number of ether oxygens (including phenoxy) is 1. The van der Waals surface area contributed by atoms with Crippen LogP contribution >= 0.6 is 0 Å². The molecule has 2 rings (SSSR count). The number of carboxylic acids is 1. The number of morpholine rings is 1. The van der Waals surface area contributed by atoms with Gasteiger partial charge in [-0.1, -0.05) is 0 Å². The quantitative estimate of drug-likeness (QED) is 0.812. The number of nitrogens with zero attached hydrogens (tertiary/aromatic N) is 2. The molecule has 0 saturated carbocycles. The van der Waals surface area contributed by atoms with E-state index in [-0.39, 0.29) is 11.8 Å². The molecule has 1 aliphatic heterocycles. The average Bonchev–Trinajstić information content (AvgIpc) is 2.37. The second-order valence-electron chi connectivity index (χ2n) is 4.34. The smallest absolute Gasteiger partial charge is 0.356 e. The van der Waals surface area contributed by atoms with Crippen LogP contribution in [0, 0.1) is 0 Å². The molecule has 1 aromatic heterocycles. The van der Waals surface area contributed by atoms with E-state index < -0.39 is 5.97 Å². The van der Waals surface area contributed by atoms with E-state index in [0.717, 1.165) is 13.1 Å². The third-order valence-corrected chi connectivity index (χ3v) is 2.87. The largest absolute Gasteiger partial charge is 0.476 e. The predicted molar refractivity (Wildman–Crippen MR) is 66.9 cm³/mol. The molecule has 0 radical (unpaired) electrons. The van der Waals surface area contributed by atoms with E-state index in [1.54, 1.807) is 12.1 Å². The van der Waals surface area contributed by atoms with Gasteiger partial charge in [0, 0.05) is 25.8 Å². The van der Waals surface area contributed by atoms with E-state index in [4.69, 9.17) is 9.84 Å². The Morgan fingerprint density at radius 2 is 2.56 bits per heavy atom. The van der Waals surface area contributed by atoms with Crippen molar-refractivity contribution in [3.8, 4) is 0 Å². The second kappa shape index (κ2) is 5.79. The Hall–Kier alpha value is -1.66. The molecule has 98 valence electrons. The van der Waals surface area contributed by atoms with Crippen molar-refractivity contribution >= 4 is 11.7 Å². The van der Waals surface area contributed by atoms with Gasteiger partial charge < -0.3 is 20.1 Å². The minimum absolute atomic E-state index is 0.0432. The average molecular weight is 251 g/mol. The molecule has 0 amide bonds. The van der Waals surface area contributed by atoms with Crippen LogP contribution in [0.15, 0.2) is 18.3 Å². The number of likely N-dealkylation sites (N-methyl/N-ethyl adjacent to an activating group) is 1. The van der Waals surface area contributed by atoms with Gasteiger partial charge in [-0.05, 0) is 19.2 Å². The van der Waals surface area contributed by atoms with Crippen molar-refractivity contribution in [2.45, 2.75) is 6.10 Å². The molecule has 0 bridgehead atoms. The first kappa shape index (κ1) is 12.8. The van der Waals surface area contributed by atoms with Gasteiger partial charge in [0.1, 0.15) is 0 Å². The zero-order valence-electron chi connectivity index (χ0n) is 10.3. The Morgan fingerprint density at radius 3 is 3.28 bits per heavy atom. The zero-order valence-corrected chi connectivity index (χ0v) is 10.3. The number of nitrogens with one attached hydrogen (secondary N) is 1. The van der Waals surface area contributed by atoms with Crippen LogP contribution in [0.25, 0.3) is 0 Å². The molecule has 6 nitrogen and oxygen atoms in total. The van der Waals surface area contributed by atoms with Gasteiger partial charge in [-0.25, -0.2) is 9.78 Å². The molecular formula is C12H17N3O3. The van der Waals surface area contributed by atoms with Crippen LogP contribution in [-0.2, 0) is 4.74 Å². The highest BCUT2D eigenvalue weighted by Crippen LogP contribution is 2.13. The number of carbonyl (C=O) groups is 1. The van der Waals surface area contributed by atoms with Gasteiger partial charge in [-0.3, -0.25) is 0 Å². The van der Waals surface area contributed by atoms with Crippen molar-refractivity contribution in [3.05, 3.63) is 24.0 Å². The molecule has 18 heavy (non-hydrogen) atoms. The number of pyridine rings is 1. The van der Waals surface area contributed by atoms with Crippen LogP contribution in [-0.4, -0.2) is 60.4 Å². The maximum Gasteiger partial charge on any atom is 0.356 e. The Bertz CT molecular complexity index is 425. The number of aromatic carboxylic acids is 1. The van der Waals surface area contributed by atoms with Crippen molar-refractivity contribution in [3.63, 3.8) is 0 Å². The summed E-state index contributed by atoms with van der Waals surface area (Å²) < 4.78 is 5.60. The summed E-state index contributed by atoms with van der Waals surface area (Å²) in [7, 11) is 2.04. The van der Waals surface area contributed by atoms with E-state index >= 15 is 0 Å². The molecule has 2 N–H and O–H groups in total. The number of hydrogen-bond donors (Lipinski definition) is 2. The Morgan fingerprint density at radius 1 is 1.72 bits per heavy atom. The Kier molecular flexibility index (Phi) is 4.11.